The summed E-state index contributed by atoms with van der Waals surface area (Å²) in [7, 11) is 0. The lowest BCUT2D eigenvalue weighted by Crippen LogP contribution is -2.30. The van der Waals surface area contributed by atoms with Crippen molar-refractivity contribution in [3.05, 3.63) is 42.9 Å². The smallest absolute Gasteiger partial charge is 0.224 e. The first-order chi connectivity index (χ1) is 14.7. The number of nitrogens with one attached hydrogen (secondary N) is 2. The molecule has 1 fully saturated rings. The lowest BCUT2D eigenvalue weighted by molar-refractivity contribution is 0.00719. The van der Waals surface area contributed by atoms with E-state index in [2.05, 4.69) is 25.3 Å². The summed E-state index contributed by atoms with van der Waals surface area (Å²) in [5, 5.41) is 13.1. The van der Waals surface area contributed by atoms with Crippen LogP contribution in [0.1, 0.15) is 25.7 Å². The lowest BCUT2D eigenvalue weighted by atomic mass is 9.93. The average molecular weight is 410 g/mol. The highest BCUT2D eigenvalue weighted by Crippen LogP contribution is 2.30. The number of aliphatic hydroxyl groups excluding tert-OH is 1. The largest absolute Gasteiger partial charge is 0.394 e. The zero-order valence-corrected chi connectivity index (χ0v) is 16.4. The van der Waals surface area contributed by atoms with Gasteiger partial charge in [0.1, 0.15) is 5.65 Å². The number of hydrogen-bond donors (Lipinski definition) is 3. The fourth-order valence-corrected chi connectivity index (χ4v) is 4.13. The number of hydrogen-bond acceptors (Lipinski definition) is 6. The number of pyridine rings is 1. The van der Waals surface area contributed by atoms with Crippen LogP contribution in [0.3, 0.4) is 0 Å². The van der Waals surface area contributed by atoms with Gasteiger partial charge in [0.25, 0.3) is 0 Å². The first kappa shape index (κ1) is 19.0. The van der Waals surface area contributed by atoms with E-state index in [1.165, 1.54) is 6.07 Å². The summed E-state index contributed by atoms with van der Waals surface area (Å²) in [4.78, 5) is 16.3. The number of aromatic amines is 1. The second-order valence-electron chi connectivity index (χ2n) is 7.61. The summed E-state index contributed by atoms with van der Waals surface area (Å²) in [5.41, 5.74) is 2.58. The monoisotopic (exact) mass is 410 g/mol. The zero-order chi connectivity index (χ0) is 20.5. The van der Waals surface area contributed by atoms with E-state index in [1.807, 2.05) is 12.4 Å². The van der Waals surface area contributed by atoms with Crippen LogP contribution in [0.15, 0.2) is 37.1 Å². The van der Waals surface area contributed by atoms with E-state index >= 15 is 0 Å². The molecule has 0 bridgehead atoms. The minimum absolute atomic E-state index is 0.0625. The molecule has 8 nitrogen and oxygen atoms in total. The fourth-order valence-electron chi connectivity index (χ4n) is 4.13. The van der Waals surface area contributed by atoms with Crippen LogP contribution >= 0.6 is 0 Å². The van der Waals surface area contributed by atoms with Gasteiger partial charge < -0.3 is 24.5 Å². The summed E-state index contributed by atoms with van der Waals surface area (Å²) in [6, 6.07) is 1.78. The molecule has 4 aromatic rings. The van der Waals surface area contributed by atoms with Gasteiger partial charge in [-0.15, -0.1) is 0 Å². The van der Waals surface area contributed by atoms with Gasteiger partial charge in [-0.05, 0) is 31.7 Å². The van der Waals surface area contributed by atoms with Crippen molar-refractivity contribution in [2.45, 2.75) is 37.8 Å². The van der Waals surface area contributed by atoms with Crippen molar-refractivity contribution in [3.8, 4) is 11.1 Å². The average Bonchev–Trinajstić information content (AvgIpc) is 3.40. The van der Waals surface area contributed by atoms with E-state index in [-0.39, 0.29) is 18.5 Å². The highest BCUT2D eigenvalue weighted by atomic mass is 19.1. The molecule has 0 unspecified atom stereocenters. The number of ether oxygens (including phenoxy) is 1. The standard InChI is InChI=1S/C21H23FN6O2/c22-18-9-13(12-28-6-5-23-20(18)28)16-10-24-19-17(16)11-25-21(27-19)26-14-1-3-15(4-2-14)30-8-7-29/h5-6,9-12,14-15,29H,1-4,7-8H2,(H2,24,25,26,27)/t14-,15+. The summed E-state index contributed by atoms with van der Waals surface area (Å²) in [5.74, 6) is 0.205. The van der Waals surface area contributed by atoms with Crippen molar-refractivity contribution in [1.29, 1.82) is 0 Å². The Kier molecular flexibility index (Phi) is 5.06. The van der Waals surface area contributed by atoms with E-state index in [4.69, 9.17) is 9.84 Å². The Labute approximate surface area is 172 Å². The Bertz CT molecular complexity index is 1160. The molecule has 3 N–H and O–H groups in total. The first-order valence-electron chi connectivity index (χ1n) is 10.2. The van der Waals surface area contributed by atoms with Crippen LogP contribution in [0, 0.1) is 5.82 Å². The molecule has 0 amide bonds. The van der Waals surface area contributed by atoms with Gasteiger partial charge in [0.2, 0.25) is 5.95 Å². The third kappa shape index (κ3) is 3.61. The third-order valence-corrected chi connectivity index (χ3v) is 5.64. The number of aliphatic hydroxyl groups is 1. The predicted octanol–water partition coefficient (Wildman–Crippen LogP) is 3.14. The van der Waals surface area contributed by atoms with Crippen LogP contribution in [0.25, 0.3) is 27.8 Å². The normalized spacial score (nSPS) is 19.5. The summed E-state index contributed by atoms with van der Waals surface area (Å²) in [6.45, 7) is 0.461. The number of H-pyrrole nitrogens is 1. The molecule has 0 atom stereocenters. The molecule has 9 heteroatoms. The number of aromatic nitrogens is 5. The lowest BCUT2D eigenvalue weighted by Gasteiger charge is -2.28. The second kappa shape index (κ2) is 8.00. The first-order valence-corrected chi connectivity index (χ1v) is 10.2. The summed E-state index contributed by atoms with van der Waals surface area (Å²) in [6.07, 6.45) is 12.8. The van der Waals surface area contributed by atoms with E-state index in [1.54, 1.807) is 23.0 Å². The molecule has 4 heterocycles. The number of nitrogens with zero attached hydrogens (tertiary/aromatic N) is 4. The van der Waals surface area contributed by atoms with Gasteiger partial charge >= 0.3 is 0 Å². The predicted molar refractivity (Wildman–Crippen MR) is 111 cm³/mol. The van der Waals surface area contributed by atoms with Gasteiger partial charge in [-0.1, -0.05) is 0 Å². The molecule has 0 spiro atoms. The zero-order valence-electron chi connectivity index (χ0n) is 16.4. The van der Waals surface area contributed by atoms with Gasteiger partial charge in [0, 0.05) is 53.5 Å². The van der Waals surface area contributed by atoms with Crippen molar-refractivity contribution in [3.63, 3.8) is 0 Å². The minimum atomic E-state index is -0.371. The van der Waals surface area contributed by atoms with Crippen molar-refractivity contribution in [1.82, 2.24) is 24.3 Å². The van der Waals surface area contributed by atoms with Crippen LogP contribution in [0.5, 0.6) is 0 Å². The summed E-state index contributed by atoms with van der Waals surface area (Å²) >= 11 is 0. The van der Waals surface area contributed by atoms with Gasteiger partial charge in [-0.25, -0.2) is 14.4 Å². The maximum atomic E-state index is 14.3. The Morgan fingerprint density at radius 1 is 1.27 bits per heavy atom. The van der Waals surface area contributed by atoms with Gasteiger partial charge in [0.15, 0.2) is 11.5 Å². The molecular weight excluding hydrogens is 387 g/mol. The number of imidazole rings is 1. The van der Waals surface area contributed by atoms with Crippen LogP contribution in [0.2, 0.25) is 0 Å². The van der Waals surface area contributed by atoms with Crippen molar-refractivity contribution < 1.29 is 14.2 Å². The van der Waals surface area contributed by atoms with E-state index in [0.717, 1.165) is 42.2 Å². The minimum Gasteiger partial charge on any atom is -0.394 e. The number of halogens is 1. The second-order valence-corrected chi connectivity index (χ2v) is 7.61. The van der Waals surface area contributed by atoms with Gasteiger partial charge in [0.05, 0.1) is 19.3 Å². The number of anilines is 1. The molecule has 1 aliphatic carbocycles. The Balaban J connectivity index is 1.33. The Morgan fingerprint density at radius 3 is 2.97 bits per heavy atom. The molecule has 4 aromatic heterocycles. The van der Waals surface area contributed by atoms with Crippen molar-refractivity contribution >= 4 is 22.6 Å². The van der Waals surface area contributed by atoms with E-state index in [0.29, 0.717) is 29.9 Å². The molecule has 30 heavy (non-hydrogen) atoms. The van der Waals surface area contributed by atoms with Gasteiger partial charge in [-0.3, -0.25) is 0 Å². The SMILES string of the molecule is OCCO[C@H]1CC[C@@H](Nc2ncc3c(-c4cc(F)c5nccn5c4)c[nH]c3n2)CC1. The number of fused-ring (bicyclic) bond motifs is 2. The molecule has 1 aliphatic rings. The van der Waals surface area contributed by atoms with Gasteiger partial charge in [-0.2, -0.15) is 4.98 Å². The maximum Gasteiger partial charge on any atom is 0.224 e. The molecule has 0 aromatic carbocycles. The van der Waals surface area contributed by atoms with E-state index < -0.39 is 0 Å². The van der Waals surface area contributed by atoms with Crippen LogP contribution in [-0.2, 0) is 4.74 Å². The summed E-state index contributed by atoms with van der Waals surface area (Å²) < 4.78 is 21.6. The molecule has 0 saturated heterocycles. The van der Waals surface area contributed by atoms with Crippen molar-refractivity contribution in [2.24, 2.45) is 0 Å². The maximum absolute atomic E-state index is 14.3. The van der Waals surface area contributed by atoms with E-state index in [9.17, 15) is 4.39 Å². The third-order valence-electron chi connectivity index (χ3n) is 5.64. The fraction of sp³-hybridized carbons (Fsp3) is 0.381. The van der Waals surface area contributed by atoms with Crippen LogP contribution < -0.4 is 5.32 Å². The Hall–Kier alpha value is -3.04. The molecule has 1 saturated carbocycles. The molecule has 156 valence electrons. The highest BCUT2D eigenvalue weighted by Gasteiger charge is 2.22. The quantitative estimate of drug-likeness (QED) is 0.452. The van der Waals surface area contributed by atoms with Crippen molar-refractivity contribution in [2.75, 3.05) is 18.5 Å². The Morgan fingerprint density at radius 2 is 2.13 bits per heavy atom. The number of rotatable bonds is 6. The molecule has 0 aliphatic heterocycles. The molecule has 5 rings (SSSR count). The van der Waals surface area contributed by atoms with Crippen LogP contribution in [0.4, 0.5) is 10.3 Å². The molecular formula is C21H23FN6O2. The van der Waals surface area contributed by atoms with Crippen LogP contribution in [-0.4, -0.2) is 54.8 Å². The highest BCUT2D eigenvalue weighted by molar-refractivity contribution is 5.93. The molecule has 0 radical (unpaired) electrons. The topological polar surface area (TPSA) is 100 Å².